The van der Waals surface area contributed by atoms with E-state index >= 15 is 0 Å². The van der Waals surface area contributed by atoms with E-state index < -0.39 is 11.9 Å². The van der Waals surface area contributed by atoms with Crippen molar-refractivity contribution in [1.82, 2.24) is 29.9 Å². The van der Waals surface area contributed by atoms with E-state index in [-0.39, 0.29) is 22.3 Å². The number of nitrogens with zero attached hydrogens (tertiary/aromatic N) is 8. The van der Waals surface area contributed by atoms with Crippen molar-refractivity contribution in [2.45, 2.75) is 13.8 Å². The molecule has 0 aliphatic heterocycles. The maximum Gasteiger partial charge on any atom is 0.335 e. The van der Waals surface area contributed by atoms with Gasteiger partial charge in [0.15, 0.2) is 0 Å². The normalized spacial score (nSPS) is 10.3. The zero-order chi connectivity index (χ0) is 68.9. The fraction of sp³-hybridized carbons (Fsp3) is 0.0253. The number of fused-ring (bicyclic) bond motifs is 3. The smallest absolute Gasteiger partial charge is 0.335 e. The van der Waals surface area contributed by atoms with E-state index in [1.54, 1.807) is 72.8 Å². The van der Waals surface area contributed by atoms with Crippen LogP contribution in [-0.2, 0) is 0 Å². The lowest BCUT2D eigenvalue weighted by Gasteiger charge is -2.11. The minimum absolute atomic E-state index is 0.236. The Bertz CT molecular complexity index is 5230. The van der Waals surface area contributed by atoms with Crippen molar-refractivity contribution in [3.05, 3.63) is 317 Å². The molecule has 0 aliphatic rings. The summed E-state index contributed by atoms with van der Waals surface area (Å²) < 4.78 is 0. The van der Waals surface area contributed by atoms with Gasteiger partial charge in [0.25, 0.3) is 5.91 Å². The Hall–Kier alpha value is -13.7. The minimum atomic E-state index is -0.954. The summed E-state index contributed by atoms with van der Waals surface area (Å²) in [6, 6.07) is 87.8. The highest BCUT2D eigenvalue weighted by Gasteiger charge is 2.15. The number of hydrogen-bond donors (Lipinski definition) is 7. The Balaban J connectivity index is 0.000000144. The first-order valence-electron chi connectivity index (χ1n) is 30.4. The highest BCUT2D eigenvalue weighted by Crippen LogP contribution is 2.31. The third-order valence-corrected chi connectivity index (χ3v) is 15.1. The second kappa shape index (κ2) is 32.2. The number of benzene rings is 11. The summed E-state index contributed by atoms with van der Waals surface area (Å²) in [7, 11) is 0. The number of nitrogens with one attached hydrogen (secondary N) is 3. The molecule has 14 aromatic rings. The lowest BCUT2D eigenvalue weighted by molar-refractivity contribution is 0.0686. The third-order valence-electron chi connectivity index (χ3n) is 14.9. The Kier molecular flexibility index (Phi) is 22.1. The van der Waals surface area contributed by atoms with Gasteiger partial charge in [0.05, 0.1) is 68.0 Å². The van der Waals surface area contributed by atoms with Crippen molar-refractivity contribution in [3.63, 3.8) is 0 Å². The van der Waals surface area contributed by atoms with Crippen LogP contribution in [0.1, 0.15) is 53.3 Å². The molecule has 0 aliphatic carbocycles. The van der Waals surface area contributed by atoms with Crippen LogP contribution in [0, 0.1) is 36.5 Å². The summed E-state index contributed by atoms with van der Waals surface area (Å²) in [4.78, 5) is 61.2. The van der Waals surface area contributed by atoms with E-state index in [0.717, 1.165) is 89.0 Å². The number of aryl methyl sites for hydroxylation is 2. The molecule has 14 rings (SSSR count). The fourth-order valence-corrected chi connectivity index (χ4v) is 9.95. The molecule has 0 unspecified atom stereocenters. The summed E-state index contributed by atoms with van der Waals surface area (Å²) in [6.07, 6.45) is 0. The number of carbonyl (C=O) groups is 3. The maximum absolute atomic E-state index is 12.7. The molecule has 18 nitrogen and oxygen atoms in total. The van der Waals surface area contributed by atoms with Crippen LogP contribution in [0.15, 0.2) is 273 Å². The average molecular weight is 1310 g/mol. The van der Waals surface area contributed by atoms with E-state index in [2.05, 4.69) is 46.9 Å². The quantitative estimate of drug-likeness (QED) is 0.0467. The van der Waals surface area contributed by atoms with E-state index in [1.165, 1.54) is 12.1 Å². The van der Waals surface area contributed by atoms with Gasteiger partial charge in [-0.15, -0.1) is 0 Å². The zero-order valence-electron chi connectivity index (χ0n) is 52.7. The van der Waals surface area contributed by atoms with Crippen molar-refractivity contribution in [3.8, 4) is 45.9 Å². The fourth-order valence-electron chi connectivity index (χ4n) is 9.78. The number of carbonyl (C=O) groups excluding carboxylic acids is 1. The highest BCUT2D eigenvalue weighted by molar-refractivity contribution is 6.29. The first-order valence-corrected chi connectivity index (χ1v) is 30.7. The summed E-state index contributed by atoms with van der Waals surface area (Å²) in [5.74, 6) is -1.19. The van der Waals surface area contributed by atoms with Crippen molar-refractivity contribution in [2.24, 2.45) is 0 Å². The van der Waals surface area contributed by atoms with E-state index in [9.17, 15) is 14.4 Å². The molecule has 19 heteroatoms. The maximum atomic E-state index is 12.7. The number of carboxylic acid groups (broad SMARTS) is 2. The number of nitrogens with two attached hydrogens (primary N) is 2. The van der Waals surface area contributed by atoms with E-state index in [1.807, 2.05) is 208 Å². The van der Waals surface area contributed by atoms with Gasteiger partial charge in [-0.1, -0.05) is 158 Å². The number of nitriles is 2. The second-order valence-corrected chi connectivity index (χ2v) is 22.0. The topological polar surface area (TPSA) is 305 Å². The predicted molar refractivity (Wildman–Crippen MR) is 388 cm³/mol. The summed E-state index contributed by atoms with van der Waals surface area (Å²) >= 11 is 5.95. The van der Waals surface area contributed by atoms with Gasteiger partial charge in [-0.2, -0.15) is 10.5 Å². The van der Waals surface area contributed by atoms with Crippen LogP contribution in [0.25, 0.3) is 66.5 Å². The van der Waals surface area contributed by atoms with Crippen molar-refractivity contribution >= 4 is 102 Å². The van der Waals surface area contributed by atoms with Gasteiger partial charge >= 0.3 is 11.9 Å². The molecule has 9 N–H and O–H groups in total. The van der Waals surface area contributed by atoms with Crippen molar-refractivity contribution in [1.29, 1.82) is 10.5 Å². The average Bonchev–Trinajstić information content (AvgIpc) is 0.807. The molecular formula is C79H60ClN13O5. The number of rotatable bonds is 11. The van der Waals surface area contributed by atoms with Crippen LogP contribution < -0.4 is 27.4 Å². The molecule has 0 fully saturated rings. The van der Waals surface area contributed by atoms with Gasteiger partial charge in [-0.3, -0.25) is 4.79 Å². The molecule has 0 spiro atoms. The largest absolute Gasteiger partial charge is 0.478 e. The second-order valence-electron chi connectivity index (χ2n) is 21.7. The number of anilines is 7. The molecule has 478 valence electrons. The molecule has 0 saturated heterocycles. The molecular weight excluding hydrogens is 1250 g/mol. The van der Waals surface area contributed by atoms with Crippen LogP contribution in [0.5, 0.6) is 0 Å². The van der Waals surface area contributed by atoms with Gasteiger partial charge in [0.2, 0.25) is 17.2 Å². The van der Waals surface area contributed by atoms with E-state index in [4.69, 9.17) is 48.8 Å². The first kappa shape index (κ1) is 67.2. The van der Waals surface area contributed by atoms with Crippen molar-refractivity contribution in [2.75, 3.05) is 27.4 Å². The lowest BCUT2D eigenvalue weighted by Crippen LogP contribution is -2.13. The number of nitrogen functional groups attached to an aromatic ring is 2. The number of carboxylic acids is 2. The molecule has 3 aromatic heterocycles. The number of aromatic carboxylic acids is 2. The Labute approximate surface area is 568 Å². The Morgan fingerprint density at radius 1 is 0.408 bits per heavy atom. The summed E-state index contributed by atoms with van der Waals surface area (Å²) in [6.45, 7) is 3.80. The molecule has 11 aromatic carbocycles. The van der Waals surface area contributed by atoms with Gasteiger partial charge in [-0.05, 0) is 152 Å². The van der Waals surface area contributed by atoms with Gasteiger partial charge in [-0.25, -0.2) is 39.5 Å². The predicted octanol–water partition coefficient (Wildman–Crippen LogP) is 17.6. The number of aromatic nitrogens is 6. The number of para-hydroxylation sites is 3. The monoisotopic (exact) mass is 1310 g/mol. The van der Waals surface area contributed by atoms with Crippen LogP contribution in [0.2, 0.25) is 5.28 Å². The molecule has 0 saturated carbocycles. The van der Waals surface area contributed by atoms with Crippen LogP contribution in [0.3, 0.4) is 0 Å². The highest BCUT2D eigenvalue weighted by atomic mass is 35.5. The third kappa shape index (κ3) is 17.7. The molecule has 0 bridgehead atoms. The van der Waals surface area contributed by atoms with Gasteiger partial charge < -0.3 is 37.6 Å². The zero-order valence-corrected chi connectivity index (χ0v) is 53.5. The standard InChI is InChI=1S/C29H21N5O.C21H15N3O2.C14H9ClN2.C8H8N2.C7H7NO2/c1-19-11-12-20(18-30)17-26(19)32-28(35)22-13-15-23(16-14-22)31-29-33-25-10-6-5-9-24(25)27(34-29)21-7-3-2-4-8-21;25-20(26)15-10-12-16(13-11-15)22-21-23-18-9-5-4-8-17(18)19(24-21)14-6-2-1-3-7-14;15-14-16-12-9-5-4-8-11(12)13(17-14)10-6-2-1-3-7-10;1-6-2-3-7(5-9)4-8(6)10;8-6-3-1-5(2-4-6)7(9)10/h2-17H,1H3,(H,32,35)(H,31,33,34);1-13H,(H,25,26)(H,22,23,24);1-9H;2-4H,10H2,1H3;1-4H,8H2,(H,9,10). The van der Waals surface area contributed by atoms with Gasteiger partial charge in [0.1, 0.15) is 0 Å². The molecule has 3 heterocycles. The Morgan fingerprint density at radius 2 is 0.776 bits per heavy atom. The lowest BCUT2D eigenvalue weighted by atomic mass is 10.1. The minimum Gasteiger partial charge on any atom is -0.478 e. The van der Waals surface area contributed by atoms with Crippen molar-refractivity contribution < 1.29 is 24.6 Å². The van der Waals surface area contributed by atoms with Crippen LogP contribution in [-0.4, -0.2) is 58.0 Å². The number of halogens is 1. The molecule has 1 amide bonds. The SMILES string of the molecule is Cc1ccc(C#N)cc1N.Cc1ccc(C#N)cc1NC(=O)c1ccc(Nc2nc(-c3ccccc3)c3ccccc3n2)cc1.Clc1nc(-c2ccccc2)c2ccccc2n1.Nc1ccc(C(=O)O)cc1.O=C(O)c1ccc(Nc2nc(-c3ccccc3)c3ccccc3n2)cc1. The molecule has 0 atom stereocenters. The Morgan fingerprint density at radius 3 is 1.19 bits per heavy atom. The summed E-state index contributed by atoms with van der Waals surface area (Å²) in [5.41, 5.74) is 26.4. The van der Waals surface area contributed by atoms with Gasteiger partial charge in [0, 0.05) is 66.8 Å². The summed E-state index contributed by atoms with van der Waals surface area (Å²) in [5, 5.41) is 47.5. The van der Waals surface area contributed by atoms with Crippen LogP contribution >= 0.6 is 11.6 Å². The first-order chi connectivity index (χ1) is 47.6. The number of hydrogen-bond acceptors (Lipinski definition) is 15. The van der Waals surface area contributed by atoms with E-state index in [0.29, 0.717) is 45.6 Å². The number of amides is 1. The molecule has 0 radical (unpaired) electrons. The molecule has 98 heavy (non-hydrogen) atoms. The van der Waals surface area contributed by atoms with Crippen LogP contribution in [0.4, 0.5) is 40.3 Å².